The fourth-order valence-electron chi connectivity index (χ4n) is 1.56. The molecule has 0 saturated carbocycles. The SMILES string of the molecule is N#C/C(=C/Nc1cc(Br)ccn1)C(=O)Nc1cc(Cl)ccc1Cl. The summed E-state index contributed by atoms with van der Waals surface area (Å²) in [6.45, 7) is 0. The normalized spacial score (nSPS) is 10.8. The zero-order valence-corrected chi connectivity index (χ0v) is 14.6. The fourth-order valence-corrected chi connectivity index (χ4v) is 2.23. The van der Waals surface area contributed by atoms with Crippen LogP contribution in [0, 0.1) is 11.3 Å². The summed E-state index contributed by atoms with van der Waals surface area (Å²) in [4.78, 5) is 16.2. The highest BCUT2D eigenvalue weighted by molar-refractivity contribution is 9.10. The third kappa shape index (κ3) is 4.96. The van der Waals surface area contributed by atoms with Gasteiger partial charge in [-0.15, -0.1) is 0 Å². The molecule has 2 N–H and O–H groups in total. The van der Waals surface area contributed by atoms with Crippen molar-refractivity contribution in [1.82, 2.24) is 4.98 Å². The maximum Gasteiger partial charge on any atom is 0.267 e. The van der Waals surface area contributed by atoms with Crippen LogP contribution in [-0.2, 0) is 4.79 Å². The first kappa shape index (κ1) is 17.3. The second kappa shape index (κ2) is 7.97. The molecule has 0 aliphatic rings. The number of hydrogen-bond acceptors (Lipinski definition) is 4. The van der Waals surface area contributed by atoms with E-state index in [2.05, 4.69) is 31.5 Å². The standard InChI is InChI=1S/C15H9BrCl2N4O/c16-10-3-4-20-14(5-10)21-8-9(7-19)15(23)22-13-6-11(17)1-2-12(13)18/h1-6,8H,(H,20,21)(H,22,23)/b9-8-. The van der Waals surface area contributed by atoms with Gasteiger partial charge in [-0.1, -0.05) is 39.1 Å². The maximum atomic E-state index is 12.1. The fraction of sp³-hybridized carbons (Fsp3) is 0. The van der Waals surface area contributed by atoms with E-state index in [0.29, 0.717) is 21.6 Å². The zero-order chi connectivity index (χ0) is 16.8. The van der Waals surface area contributed by atoms with Gasteiger partial charge in [-0.3, -0.25) is 4.79 Å². The molecule has 116 valence electrons. The average Bonchev–Trinajstić information content (AvgIpc) is 2.51. The molecule has 2 aromatic rings. The number of amides is 1. The molecule has 1 aromatic carbocycles. The summed E-state index contributed by atoms with van der Waals surface area (Å²) in [7, 11) is 0. The van der Waals surface area contributed by atoms with E-state index < -0.39 is 5.91 Å². The number of rotatable bonds is 4. The van der Waals surface area contributed by atoms with Crippen LogP contribution in [0.5, 0.6) is 0 Å². The van der Waals surface area contributed by atoms with Crippen LogP contribution in [0.2, 0.25) is 10.0 Å². The van der Waals surface area contributed by atoms with Crippen LogP contribution in [-0.4, -0.2) is 10.9 Å². The Hall–Kier alpha value is -2.07. The topological polar surface area (TPSA) is 77.8 Å². The van der Waals surface area contributed by atoms with Crippen LogP contribution >= 0.6 is 39.1 Å². The number of anilines is 2. The van der Waals surface area contributed by atoms with Gasteiger partial charge in [0.05, 0.1) is 10.7 Å². The Morgan fingerprint density at radius 3 is 2.78 bits per heavy atom. The number of carbonyl (C=O) groups is 1. The molecule has 23 heavy (non-hydrogen) atoms. The molecule has 2 rings (SSSR count). The predicted octanol–water partition coefficient (Wildman–Crippen LogP) is 4.61. The van der Waals surface area contributed by atoms with Gasteiger partial charge >= 0.3 is 0 Å². The molecule has 0 atom stereocenters. The van der Waals surface area contributed by atoms with E-state index in [9.17, 15) is 4.79 Å². The molecule has 0 unspecified atom stereocenters. The Morgan fingerprint density at radius 2 is 2.09 bits per heavy atom. The molecule has 0 saturated heterocycles. The Balaban J connectivity index is 2.14. The quantitative estimate of drug-likeness (QED) is 0.568. The maximum absolute atomic E-state index is 12.1. The van der Waals surface area contributed by atoms with Gasteiger partial charge in [0.15, 0.2) is 0 Å². The lowest BCUT2D eigenvalue weighted by molar-refractivity contribution is -0.112. The van der Waals surface area contributed by atoms with Gasteiger partial charge in [0.1, 0.15) is 17.5 Å². The number of pyridine rings is 1. The van der Waals surface area contributed by atoms with Gasteiger partial charge in [-0.25, -0.2) is 4.98 Å². The minimum Gasteiger partial charge on any atom is -0.345 e. The minimum atomic E-state index is -0.612. The van der Waals surface area contributed by atoms with Crippen molar-refractivity contribution in [3.05, 3.63) is 62.8 Å². The number of nitriles is 1. The summed E-state index contributed by atoms with van der Waals surface area (Å²) < 4.78 is 0.817. The van der Waals surface area contributed by atoms with Gasteiger partial charge in [-0.05, 0) is 30.3 Å². The Labute approximate surface area is 151 Å². The summed E-state index contributed by atoms with van der Waals surface area (Å²) in [5.41, 5.74) is 0.189. The van der Waals surface area contributed by atoms with E-state index in [1.54, 1.807) is 30.5 Å². The first-order valence-corrected chi connectivity index (χ1v) is 7.79. The van der Waals surface area contributed by atoms with Crippen LogP contribution in [0.4, 0.5) is 11.5 Å². The molecule has 1 heterocycles. The van der Waals surface area contributed by atoms with Crippen molar-refractivity contribution >= 4 is 56.5 Å². The number of nitrogens with one attached hydrogen (secondary N) is 2. The molecule has 1 amide bonds. The molecule has 0 bridgehead atoms. The molecule has 5 nitrogen and oxygen atoms in total. The van der Waals surface area contributed by atoms with E-state index in [1.807, 2.05) is 6.07 Å². The van der Waals surface area contributed by atoms with Gasteiger partial charge in [0, 0.05) is 21.9 Å². The zero-order valence-electron chi connectivity index (χ0n) is 11.5. The van der Waals surface area contributed by atoms with Crippen LogP contribution in [0.3, 0.4) is 0 Å². The van der Waals surface area contributed by atoms with Crippen molar-refractivity contribution in [3.8, 4) is 6.07 Å². The summed E-state index contributed by atoms with van der Waals surface area (Å²) in [6.07, 6.45) is 2.85. The van der Waals surface area contributed by atoms with E-state index in [4.69, 9.17) is 28.5 Å². The molecule has 0 radical (unpaired) electrons. The number of carbonyl (C=O) groups excluding carboxylic acids is 1. The van der Waals surface area contributed by atoms with Crippen LogP contribution in [0.15, 0.2) is 52.8 Å². The summed E-state index contributed by atoms with van der Waals surface area (Å²) in [5.74, 6) is -0.125. The van der Waals surface area contributed by atoms with E-state index in [0.717, 1.165) is 4.47 Å². The third-order valence-corrected chi connectivity index (χ3v) is 3.69. The van der Waals surface area contributed by atoms with Crippen molar-refractivity contribution < 1.29 is 4.79 Å². The molecule has 0 aliphatic carbocycles. The second-order valence-electron chi connectivity index (χ2n) is 4.25. The number of halogens is 3. The lowest BCUT2D eigenvalue weighted by atomic mass is 10.2. The lowest BCUT2D eigenvalue weighted by Gasteiger charge is -2.07. The monoisotopic (exact) mass is 410 g/mol. The van der Waals surface area contributed by atoms with Gasteiger partial charge < -0.3 is 10.6 Å². The van der Waals surface area contributed by atoms with Crippen molar-refractivity contribution in [3.63, 3.8) is 0 Å². The lowest BCUT2D eigenvalue weighted by Crippen LogP contribution is -2.15. The predicted molar refractivity (Wildman–Crippen MR) is 94.3 cm³/mol. The Bertz CT molecular complexity index is 817. The van der Waals surface area contributed by atoms with Gasteiger partial charge in [0.25, 0.3) is 5.91 Å². The highest BCUT2D eigenvalue weighted by Gasteiger charge is 2.11. The molecule has 8 heteroatoms. The number of nitrogens with zero attached hydrogens (tertiary/aromatic N) is 2. The van der Waals surface area contributed by atoms with E-state index in [1.165, 1.54) is 12.3 Å². The molecule has 0 spiro atoms. The van der Waals surface area contributed by atoms with Crippen LogP contribution < -0.4 is 10.6 Å². The van der Waals surface area contributed by atoms with Gasteiger partial charge in [0.2, 0.25) is 0 Å². The van der Waals surface area contributed by atoms with E-state index >= 15 is 0 Å². The first-order valence-electron chi connectivity index (χ1n) is 6.24. The first-order chi connectivity index (χ1) is 11.0. The molecule has 0 aliphatic heterocycles. The molecule has 0 fully saturated rings. The number of benzene rings is 1. The largest absolute Gasteiger partial charge is 0.345 e. The summed E-state index contributed by atoms with van der Waals surface area (Å²) in [6, 6.07) is 9.93. The van der Waals surface area contributed by atoms with Crippen LogP contribution in [0.1, 0.15) is 0 Å². The highest BCUT2D eigenvalue weighted by Crippen LogP contribution is 2.25. The average molecular weight is 412 g/mol. The second-order valence-corrected chi connectivity index (χ2v) is 6.01. The Morgan fingerprint density at radius 1 is 1.30 bits per heavy atom. The molecule has 1 aromatic heterocycles. The van der Waals surface area contributed by atoms with Gasteiger partial charge in [-0.2, -0.15) is 5.26 Å². The summed E-state index contributed by atoms with van der Waals surface area (Å²) >= 11 is 15.1. The smallest absolute Gasteiger partial charge is 0.267 e. The van der Waals surface area contributed by atoms with Crippen LogP contribution in [0.25, 0.3) is 0 Å². The van der Waals surface area contributed by atoms with E-state index in [-0.39, 0.29) is 5.57 Å². The highest BCUT2D eigenvalue weighted by atomic mass is 79.9. The van der Waals surface area contributed by atoms with Crippen molar-refractivity contribution in [2.75, 3.05) is 10.6 Å². The minimum absolute atomic E-state index is 0.136. The van der Waals surface area contributed by atoms with Crippen molar-refractivity contribution in [2.24, 2.45) is 0 Å². The van der Waals surface area contributed by atoms with Crippen molar-refractivity contribution in [2.45, 2.75) is 0 Å². The Kier molecular flexibility index (Phi) is 5.99. The number of aromatic nitrogens is 1. The molecular weight excluding hydrogens is 403 g/mol. The van der Waals surface area contributed by atoms with Crippen molar-refractivity contribution in [1.29, 1.82) is 5.26 Å². The summed E-state index contributed by atoms with van der Waals surface area (Å²) in [5, 5.41) is 15.2. The number of hydrogen-bond donors (Lipinski definition) is 2. The molecular formula is C15H9BrCl2N4O. The third-order valence-electron chi connectivity index (χ3n) is 2.63.